The first-order chi connectivity index (χ1) is 13.8. The molecule has 2 amide bonds. The van der Waals surface area contributed by atoms with E-state index in [1.807, 2.05) is 49.4 Å². The summed E-state index contributed by atoms with van der Waals surface area (Å²) in [5.41, 5.74) is 4.43. The molecule has 0 radical (unpaired) electrons. The number of rotatable bonds is 6. The molecule has 5 heteroatoms. The van der Waals surface area contributed by atoms with Crippen LogP contribution in [0.5, 0.6) is 0 Å². The Hall–Kier alpha value is -2.66. The quantitative estimate of drug-likeness (QED) is 0.704. The van der Waals surface area contributed by atoms with E-state index < -0.39 is 0 Å². The molecule has 1 aliphatic rings. The van der Waals surface area contributed by atoms with Crippen LogP contribution in [0.2, 0.25) is 0 Å². The second-order valence-corrected chi connectivity index (χ2v) is 8.40. The molecule has 1 saturated heterocycles. The topological polar surface area (TPSA) is 78.4 Å². The van der Waals surface area contributed by atoms with Gasteiger partial charge in [-0.25, -0.2) is 0 Å². The Bertz CT molecular complexity index is 889. The first-order valence-corrected chi connectivity index (χ1v) is 10.2. The summed E-state index contributed by atoms with van der Waals surface area (Å²) in [5, 5.41) is 15.1. The van der Waals surface area contributed by atoms with E-state index in [4.69, 9.17) is 0 Å². The van der Waals surface area contributed by atoms with Crippen molar-refractivity contribution in [3.63, 3.8) is 0 Å². The van der Waals surface area contributed by atoms with Crippen molar-refractivity contribution in [3.05, 3.63) is 59.2 Å². The van der Waals surface area contributed by atoms with Crippen molar-refractivity contribution in [3.8, 4) is 11.1 Å². The molecule has 0 spiro atoms. The maximum absolute atomic E-state index is 12.8. The second-order valence-electron chi connectivity index (χ2n) is 8.40. The molecule has 154 valence electrons. The van der Waals surface area contributed by atoms with Gasteiger partial charge in [0, 0.05) is 18.2 Å². The minimum Gasteiger partial charge on any atom is -0.394 e. The highest BCUT2D eigenvalue weighted by Crippen LogP contribution is 2.36. The van der Waals surface area contributed by atoms with E-state index in [0.29, 0.717) is 18.0 Å². The number of hydrogen-bond donors (Lipinski definition) is 3. The molecule has 3 rings (SSSR count). The van der Waals surface area contributed by atoms with Crippen LogP contribution in [0.3, 0.4) is 0 Å². The van der Waals surface area contributed by atoms with Crippen molar-refractivity contribution < 1.29 is 14.7 Å². The lowest BCUT2D eigenvalue weighted by atomic mass is 9.80. The molecule has 3 N–H and O–H groups in total. The van der Waals surface area contributed by atoms with Crippen LogP contribution in [0, 0.1) is 18.8 Å². The number of carbonyl (C=O) groups excluding carboxylic acids is 2. The van der Waals surface area contributed by atoms with Gasteiger partial charge in [0.25, 0.3) is 5.91 Å². The summed E-state index contributed by atoms with van der Waals surface area (Å²) < 4.78 is 0. The van der Waals surface area contributed by atoms with Crippen LogP contribution in [0.15, 0.2) is 42.5 Å². The first-order valence-electron chi connectivity index (χ1n) is 10.2. The molecule has 2 aromatic carbocycles. The van der Waals surface area contributed by atoms with Gasteiger partial charge in [-0.15, -0.1) is 0 Å². The number of aryl methyl sites for hydroxylation is 1. The van der Waals surface area contributed by atoms with E-state index in [-0.39, 0.29) is 36.3 Å². The number of aliphatic hydroxyl groups is 1. The number of aliphatic hydroxyl groups excluding tert-OH is 1. The molecular weight excluding hydrogens is 364 g/mol. The number of carbonyl (C=O) groups is 2. The summed E-state index contributed by atoms with van der Waals surface area (Å²) in [4.78, 5) is 25.4. The van der Waals surface area contributed by atoms with Gasteiger partial charge in [-0.2, -0.15) is 0 Å². The van der Waals surface area contributed by atoms with Crippen molar-refractivity contribution >= 4 is 11.8 Å². The van der Waals surface area contributed by atoms with Gasteiger partial charge in [-0.05, 0) is 54.5 Å². The zero-order valence-electron chi connectivity index (χ0n) is 17.5. The fourth-order valence-electron chi connectivity index (χ4n) is 3.89. The number of benzene rings is 2. The lowest BCUT2D eigenvalue weighted by Gasteiger charge is -2.22. The summed E-state index contributed by atoms with van der Waals surface area (Å²) in [6.07, 6.45) is 0. The van der Waals surface area contributed by atoms with Crippen molar-refractivity contribution in [2.75, 3.05) is 13.2 Å². The summed E-state index contributed by atoms with van der Waals surface area (Å²) in [6, 6.07) is 13.5. The number of hydrogen-bond acceptors (Lipinski definition) is 3. The van der Waals surface area contributed by atoms with E-state index in [0.717, 1.165) is 22.3 Å². The second kappa shape index (κ2) is 8.78. The molecular formula is C24H30N2O3. The summed E-state index contributed by atoms with van der Waals surface area (Å²) in [7, 11) is 0. The molecule has 0 bridgehead atoms. The minimum atomic E-state index is -0.341. The Kier molecular flexibility index (Phi) is 6.38. The normalized spacial score (nSPS) is 19.9. The molecule has 3 atom stereocenters. The van der Waals surface area contributed by atoms with E-state index in [9.17, 15) is 14.7 Å². The Morgan fingerprint density at radius 3 is 2.45 bits per heavy atom. The third kappa shape index (κ3) is 4.67. The first kappa shape index (κ1) is 21.1. The standard InChI is InChI=1S/C24H30N2O3/c1-14(2)21-12-25-24(29)22(21)19-9-18(17-7-5-15(3)6-8-17)10-20(11-19)23(28)26-16(4)13-27/h5-11,14,16,21-22,27H,12-13H2,1-4H3,(H,25,29)(H,26,28)/t16-,21?,22+/m0/s1. The van der Waals surface area contributed by atoms with Gasteiger partial charge in [0.15, 0.2) is 0 Å². The number of nitrogens with one attached hydrogen (secondary N) is 2. The third-order valence-corrected chi connectivity index (χ3v) is 5.69. The zero-order chi connectivity index (χ0) is 21.1. The molecule has 0 aliphatic carbocycles. The van der Waals surface area contributed by atoms with Gasteiger partial charge in [0.05, 0.1) is 12.5 Å². The summed E-state index contributed by atoms with van der Waals surface area (Å²) in [6.45, 7) is 8.56. The van der Waals surface area contributed by atoms with Gasteiger partial charge in [-0.1, -0.05) is 49.7 Å². The molecule has 2 aromatic rings. The zero-order valence-corrected chi connectivity index (χ0v) is 17.5. The fourth-order valence-corrected chi connectivity index (χ4v) is 3.89. The molecule has 29 heavy (non-hydrogen) atoms. The average Bonchev–Trinajstić information content (AvgIpc) is 3.09. The smallest absolute Gasteiger partial charge is 0.251 e. The van der Waals surface area contributed by atoms with Crippen LogP contribution in [0.4, 0.5) is 0 Å². The van der Waals surface area contributed by atoms with Crippen LogP contribution >= 0.6 is 0 Å². The van der Waals surface area contributed by atoms with E-state index >= 15 is 0 Å². The van der Waals surface area contributed by atoms with Crippen LogP contribution in [0.25, 0.3) is 11.1 Å². The number of amides is 2. The Labute approximate surface area is 172 Å². The highest BCUT2D eigenvalue weighted by molar-refractivity contribution is 5.97. The molecule has 1 fully saturated rings. The predicted octanol–water partition coefficient (Wildman–Crippen LogP) is 3.26. The fraction of sp³-hybridized carbons (Fsp3) is 0.417. The van der Waals surface area contributed by atoms with Crippen LogP contribution in [0.1, 0.15) is 48.2 Å². The highest BCUT2D eigenvalue weighted by atomic mass is 16.3. The largest absolute Gasteiger partial charge is 0.394 e. The Morgan fingerprint density at radius 2 is 1.83 bits per heavy atom. The maximum atomic E-state index is 12.8. The molecule has 1 aliphatic heterocycles. The molecule has 0 saturated carbocycles. The van der Waals surface area contributed by atoms with Gasteiger partial charge in [0.2, 0.25) is 5.91 Å². The van der Waals surface area contributed by atoms with E-state index in [1.165, 1.54) is 0 Å². The lowest BCUT2D eigenvalue weighted by Crippen LogP contribution is -2.35. The average molecular weight is 395 g/mol. The molecule has 0 aromatic heterocycles. The van der Waals surface area contributed by atoms with Gasteiger partial charge < -0.3 is 15.7 Å². The van der Waals surface area contributed by atoms with Crippen molar-refractivity contribution in [2.45, 2.75) is 39.7 Å². The van der Waals surface area contributed by atoms with E-state index in [1.54, 1.807) is 6.92 Å². The predicted molar refractivity (Wildman–Crippen MR) is 115 cm³/mol. The summed E-state index contributed by atoms with van der Waals surface area (Å²) >= 11 is 0. The Balaban J connectivity index is 2.08. The molecule has 1 unspecified atom stereocenters. The van der Waals surface area contributed by atoms with Crippen LogP contribution in [-0.2, 0) is 4.79 Å². The van der Waals surface area contributed by atoms with Crippen LogP contribution in [-0.4, -0.2) is 36.1 Å². The third-order valence-electron chi connectivity index (χ3n) is 5.69. The summed E-state index contributed by atoms with van der Waals surface area (Å²) in [5.74, 6) is 0.0139. The Morgan fingerprint density at radius 1 is 1.14 bits per heavy atom. The monoisotopic (exact) mass is 394 g/mol. The van der Waals surface area contributed by atoms with Crippen molar-refractivity contribution in [1.82, 2.24) is 10.6 Å². The maximum Gasteiger partial charge on any atom is 0.251 e. The lowest BCUT2D eigenvalue weighted by molar-refractivity contribution is -0.120. The van der Waals surface area contributed by atoms with Gasteiger partial charge in [0.1, 0.15) is 0 Å². The van der Waals surface area contributed by atoms with Gasteiger partial charge >= 0.3 is 0 Å². The van der Waals surface area contributed by atoms with Crippen LogP contribution < -0.4 is 10.6 Å². The minimum absolute atomic E-state index is 0.0137. The van der Waals surface area contributed by atoms with Crippen molar-refractivity contribution in [2.24, 2.45) is 11.8 Å². The van der Waals surface area contributed by atoms with Crippen molar-refractivity contribution in [1.29, 1.82) is 0 Å². The van der Waals surface area contributed by atoms with Gasteiger partial charge in [-0.3, -0.25) is 9.59 Å². The molecule has 1 heterocycles. The van der Waals surface area contributed by atoms with E-state index in [2.05, 4.69) is 24.5 Å². The SMILES string of the molecule is Cc1ccc(-c2cc(C(=O)N[C@@H](C)CO)cc([C@H]3C(=O)NCC3C(C)C)c2)cc1. The molecule has 5 nitrogen and oxygen atoms in total. The highest BCUT2D eigenvalue weighted by Gasteiger charge is 2.38.